The van der Waals surface area contributed by atoms with E-state index < -0.39 is 28.9 Å². The average Bonchev–Trinajstić information content (AvgIpc) is 2.94. The van der Waals surface area contributed by atoms with Gasteiger partial charge in [-0.25, -0.2) is 0 Å². The van der Waals surface area contributed by atoms with Crippen LogP contribution in [0.25, 0.3) is 17.2 Å². The molecule has 0 fully saturated rings. The van der Waals surface area contributed by atoms with Crippen LogP contribution < -0.4 is 10.6 Å². The molecular formula is C38H48N2O4. The summed E-state index contributed by atoms with van der Waals surface area (Å²) >= 11 is 0. The predicted molar refractivity (Wildman–Crippen MR) is 179 cm³/mol. The Bertz CT molecular complexity index is 1430. The fraction of sp³-hybridized carbons (Fsp3) is 0.395. The standard InChI is InChI=1S/C38H48N2O4/c1-26-24-28(22-23-32(26)30-19-13-10-14-20-30)16-15-21-31(25-33(41)44-38(6,7)8)35(42)40-34(37(3,4)5)36(43)39-27(2)29-17-11-9-12-18-29/h9-20,22-24,27,31,34H,21,25H2,1-8H3,(H,39,43)(H,40,42)/t27-,31-,34-/m1/s1. The number of rotatable bonds is 11. The van der Waals surface area contributed by atoms with Crippen LogP contribution in [0.5, 0.6) is 0 Å². The summed E-state index contributed by atoms with van der Waals surface area (Å²) in [5, 5.41) is 6.02. The van der Waals surface area contributed by atoms with E-state index in [-0.39, 0.29) is 24.3 Å². The summed E-state index contributed by atoms with van der Waals surface area (Å²) in [6.07, 6.45) is 4.09. The molecule has 2 N–H and O–H groups in total. The van der Waals surface area contributed by atoms with E-state index in [9.17, 15) is 14.4 Å². The van der Waals surface area contributed by atoms with Crippen LogP contribution in [0.2, 0.25) is 0 Å². The molecule has 0 heterocycles. The maximum absolute atomic E-state index is 13.7. The first-order valence-electron chi connectivity index (χ1n) is 15.3. The Morgan fingerprint density at radius 2 is 1.43 bits per heavy atom. The highest BCUT2D eigenvalue weighted by Crippen LogP contribution is 2.26. The quantitative estimate of drug-likeness (QED) is 0.221. The third-order valence-corrected chi connectivity index (χ3v) is 7.34. The van der Waals surface area contributed by atoms with E-state index in [1.165, 1.54) is 0 Å². The molecule has 234 valence electrons. The van der Waals surface area contributed by atoms with Gasteiger partial charge in [0.25, 0.3) is 0 Å². The van der Waals surface area contributed by atoms with Gasteiger partial charge in [0.1, 0.15) is 11.6 Å². The Labute approximate surface area is 263 Å². The lowest BCUT2D eigenvalue weighted by Crippen LogP contribution is -2.55. The Balaban J connectivity index is 1.78. The molecule has 3 aromatic carbocycles. The summed E-state index contributed by atoms with van der Waals surface area (Å²) in [7, 11) is 0. The average molecular weight is 597 g/mol. The third kappa shape index (κ3) is 10.5. The molecule has 3 rings (SSSR count). The lowest BCUT2D eigenvalue weighted by atomic mass is 9.85. The number of benzene rings is 3. The highest BCUT2D eigenvalue weighted by atomic mass is 16.6. The maximum atomic E-state index is 13.7. The molecule has 0 aliphatic heterocycles. The highest BCUT2D eigenvalue weighted by Gasteiger charge is 2.35. The van der Waals surface area contributed by atoms with Crippen LogP contribution in [0.4, 0.5) is 0 Å². The number of hydrogen-bond donors (Lipinski definition) is 2. The van der Waals surface area contributed by atoms with Gasteiger partial charge in [-0.1, -0.05) is 112 Å². The van der Waals surface area contributed by atoms with Crippen molar-refractivity contribution in [3.8, 4) is 11.1 Å². The molecule has 0 saturated carbocycles. The van der Waals surface area contributed by atoms with E-state index in [2.05, 4.69) is 41.8 Å². The predicted octanol–water partition coefficient (Wildman–Crippen LogP) is 7.82. The smallest absolute Gasteiger partial charge is 0.307 e. The van der Waals surface area contributed by atoms with Gasteiger partial charge in [0.15, 0.2) is 0 Å². The van der Waals surface area contributed by atoms with Gasteiger partial charge in [-0.15, -0.1) is 0 Å². The van der Waals surface area contributed by atoms with E-state index in [0.29, 0.717) is 6.42 Å². The van der Waals surface area contributed by atoms with Crippen molar-refractivity contribution in [2.75, 3.05) is 0 Å². The Kier molecular flexibility index (Phi) is 11.7. The number of hydrogen-bond acceptors (Lipinski definition) is 4. The van der Waals surface area contributed by atoms with Gasteiger partial charge in [-0.2, -0.15) is 0 Å². The lowest BCUT2D eigenvalue weighted by Gasteiger charge is -2.32. The van der Waals surface area contributed by atoms with Crippen molar-refractivity contribution in [2.45, 2.75) is 85.9 Å². The maximum Gasteiger partial charge on any atom is 0.307 e. The number of ether oxygens (including phenoxy) is 1. The molecule has 3 atom stereocenters. The Morgan fingerprint density at radius 3 is 2.00 bits per heavy atom. The second kappa shape index (κ2) is 15.0. The number of carbonyl (C=O) groups is 3. The zero-order valence-corrected chi connectivity index (χ0v) is 27.4. The van der Waals surface area contributed by atoms with Crippen LogP contribution >= 0.6 is 0 Å². The van der Waals surface area contributed by atoms with Crippen LogP contribution in [0.3, 0.4) is 0 Å². The molecule has 2 amide bonds. The molecular weight excluding hydrogens is 548 g/mol. The molecule has 0 radical (unpaired) electrons. The Morgan fingerprint density at radius 1 is 0.818 bits per heavy atom. The number of allylic oxidation sites excluding steroid dienone is 1. The zero-order valence-electron chi connectivity index (χ0n) is 27.4. The lowest BCUT2D eigenvalue weighted by molar-refractivity contribution is -0.157. The fourth-order valence-corrected chi connectivity index (χ4v) is 5.03. The first-order chi connectivity index (χ1) is 20.6. The summed E-state index contributed by atoms with van der Waals surface area (Å²) in [5.74, 6) is -1.81. The summed E-state index contributed by atoms with van der Waals surface area (Å²) in [6, 6.07) is 25.1. The molecule has 44 heavy (non-hydrogen) atoms. The van der Waals surface area contributed by atoms with Gasteiger partial charge in [0, 0.05) is 0 Å². The van der Waals surface area contributed by atoms with Crippen molar-refractivity contribution in [3.63, 3.8) is 0 Å². The van der Waals surface area contributed by atoms with Crippen molar-refractivity contribution in [1.82, 2.24) is 10.6 Å². The largest absolute Gasteiger partial charge is 0.460 e. The Hall–Kier alpha value is -4.19. The van der Waals surface area contributed by atoms with E-state index in [1.807, 2.05) is 94.4 Å². The number of nitrogens with one attached hydrogen (secondary N) is 2. The number of carbonyl (C=O) groups excluding carboxylic acids is 3. The van der Waals surface area contributed by atoms with Crippen LogP contribution in [0, 0.1) is 18.3 Å². The van der Waals surface area contributed by atoms with Crippen molar-refractivity contribution < 1.29 is 19.1 Å². The first-order valence-corrected chi connectivity index (χ1v) is 15.3. The third-order valence-electron chi connectivity index (χ3n) is 7.34. The molecule has 6 nitrogen and oxygen atoms in total. The highest BCUT2D eigenvalue weighted by molar-refractivity contribution is 5.91. The summed E-state index contributed by atoms with van der Waals surface area (Å²) in [4.78, 5) is 40.0. The van der Waals surface area contributed by atoms with Gasteiger partial charge < -0.3 is 15.4 Å². The summed E-state index contributed by atoms with van der Waals surface area (Å²) in [5.41, 5.74) is 4.20. The molecule has 3 aromatic rings. The summed E-state index contributed by atoms with van der Waals surface area (Å²) < 4.78 is 5.55. The normalized spacial score (nSPS) is 14.0. The van der Waals surface area contributed by atoms with Crippen molar-refractivity contribution in [3.05, 3.63) is 102 Å². The van der Waals surface area contributed by atoms with Crippen LogP contribution in [0.15, 0.2) is 84.9 Å². The van der Waals surface area contributed by atoms with E-state index in [0.717, 1.165) is 27.8 Å². The van der Waals surface area contributed by atoms with Gasteiger partial charge >= 0.3 is 5.97 Å². The zero-order chi connectivity index (χ0) is 32.5. The molecule has 0 unspecified atom stereocenters. The molecule has 0 aliphatic rings. The molecule has 0 aliphatic carbocycles. The summed E-state index contributed by atoms with van der Waals surface area (Å²) in [6.45, 7) is 15.1. The number of aryl methyl sites for hydroxylation is 1. The molecule has 0 bridgehead atoms. The van der Waals surface area contributed by atoms with Gasteiger partial charge in [-0.3, -0.25) is 14.4 Å². The minimum atomic E-state index is -0.806. The van der Waals surface area contributed by atoms with Gasteiger partial charge in [0.05, 0.1) is 18.4 Å². The number of esters is 1. The first kappa shape index (κ1) is 34.3. The van der Waals surface area contributed by atoms with Crippen molar-refractivity contribution in [1.29, 1.82) is 0 Å². The number of amides is 2. The van der Waals surface area contributed by atoms with E-state index >= 15 is 0 Å². The van der Waals surface area contributed by atoms with E-state index in [4.69, 9.17) is 4.74 Å². The SMILES string of the molecule is Cc1cc(C=CC[C@H](CC(=O)OC(C)(C)C)C(=O)N[C@H](C(=O)N[C@H](C)c2ccccc2)C(C)(C)C)ccc1-c1ccccc1. The molecule has 0 saturated heterocycles. The van der Waals surface area contributed by atoms with Gasteiger partial charge in [0.2, 0.25) is 11.8 Å². The minimum absolute atomic E-state index is 0.0989. The fourth-order valence-electron chi connectivity index (χ4n) is 5.03. The molecule has 0 spiro atoms. The van der Waals surface area contributed by atoms with Gasteiger partial charge in [-0.05, 0) is 74.3 Å². The second-order valence-corrected chi connectivity index (χ2v) is 13.5. The molecule has 6 heteroatoms. The van der Waals surface area contributed by atoms with E-state index in [1.54, 1.807) is 20.8 Å². The molecule has 0 aromatic heterocycles. The monoisotopic (exact) mass is 596 g/mol. The van der Waals surface area contributed by atoms with Crippen LogP contribution in [-0.4, -0.2) is 29.4 Å². The van der Waals surface area contributed by atoms with Crippen molar-refractivity contribution >= 4 is 23.9 Å². The second-order valence-electron chi connectivity index (χ2n) is 13.5. The van der Waals surface area contributed by atoms with Crippen molar-refractivity contribution in [2.24, 2.45) is 11.3 Å². The van der Waals surface area contributed by atoms with Crippen LogP contribution in [0.1, 0.15) is 84.0 Å². The van der Waals surface area contributed by atoms with Crippen LogP contribution in [-0.2, 0) is 19.1 Å². The minimum Gasteiger partial charge on any atom is -0.460 e. The topological polar surface area (TPSA) is 84.5 Å².